The lowest BCUT2D eigenvalue weighted by atomic mass is 9.77. The summed E-state index contributed by atoms with van der Waals surface area (Å²) in [5.74, 6) is 0. The largest absolute Gasteiger partial charge is 0.353 e. The van der Waals surface area contributed by atoms with Crippen LogP contribution in [-0.4, -0.2) is 29.6 Å². The molecule has 3 heterocycles. The quantitative estimate of drug-likeness (QED) is 0.648. The van der Waals surface area contributed by atoms with E-state index in [0.29, 0.717) is 0 Å². The van der Waals surface area contributed by atoms with Gasteiger partial charge in [0, 0.05) is 35.7 Å². The number of hydrogen-bond acceptors (Lipinski definition) is 0. The monoisotopic (exact) mass is 303 g/mol. The fraction of sp³-hybridized carbons (Fsp3) is 0.333. The molecule has 1 N–H and O–H groups in total. The molecule has 0 spiro atoms. The Morgan fingerprint density at radius 3 is 2.61 bits per heavy atom. The van der Waals surface area contributed by atoms with E-state index in [4.69, 9.17) is 0 Å². The summed E-state index contributed by atoms with van der Waals surface area (Å²) < 4.78 is 1.15. The minimum Gasteiger partial charge on any atom is -0.353 e. The zero-order chi connectivity index (χ0) is 15.5. The molecule has 2 atom stereocenters. The van der Waals surface area contributed by atoms with Gasteiger partial charge < -0.3 is 9.47 Å². The van der Waals surface area contributed by atoms with Crippen LogP contribution >= 0.6 is 0 Å². The number of aromatic nitrogens is 1. The van der Waals surface area contributed by atoms with E-state index in [1.807, 2.05) is 0 Å². The highest BCUT2D eigenvalue weighted by atomic mass is 15.4. The van der Waals surface area contributed by atoms with Gasteiger partial charge in [0.05, 0.1) is 25.8 Å². The summed E-state index contributed by atoms with van der Waals surface area (Å²) in [5.41, 5.74) is 5.92. The van der Waals surface area contributed by atoms with Gasteiger partial charge in [-0.2, -0.15) is 0 Å². The Bertz CT molecular complexity index is 879. The molecule has 2 aliphatic rings. The summed E-state index contributed by atoms with van der Waals surface area (Å²) in [6.45, 7) is 2.52. The van der Waals surface area contributed by atoms with Gasteiger partial charge in [-0.25, -0.2) is 0 Å². The number of hydrogen-bond donors (Lipinski definition) is 1. The van der Waals surface area contributed by atoms with Crippen molar-refractivity contribution in [3.8, 4) is 0 Å². The first-order valence-corrected chi connectivity index (χ1v) is 8.75. The topological polar surface area (TPSA) is 15.8 Å². The zero-order valence-corrected chi connectivity index (χ0v) is 13.7. The molecular formula is C21H23N2+. The van der Waals surface area contributed by atoms with E-state index in [1.165, 1.54) is 54.5 Å². The Kier molecular flexibility index (Phi) is 2.61. The molecule has 0 aliphatic carbocycles. The number of quaternary nitrogens is 1. The fourth-order valence-electron chi connectivity index (χ4n) is 5.33. The van der Waals surface area contributed by atoms with Crippen LogP contribution in [0.2, 0.25) is 0 Å². The van der Waals surface area contributed by atoms with Crippen LogP contribution in [0.3, 0.4) is 0 Å². The van der Waals surface area contributed by atoms with Crippen molar-refractivity contribution in [2.24, 2.45) is 0 Å². The Balaban J connectivity index is 1.87. The molecular weight excluding hydrogens is 280 g/mol. The lowest BCUT2D eigenvalue weighted by Crippen LogP contribution is -2.60. The molecule has 116 valence electrons. The molecule has 0 radical (unpaired) electrons. The third-order valence-corrected chi connectivity index (χ3v) is 6.45. The van der Waals surface area contributed by atoms with Gasteiger partial charge in [-0.3, -0.25) is 0 Å². The van der Waals surface area contributed by atoms with Gasteiger partial charge in [-0.05, 0) is 11.6 Å². The molecule has 1 saturated heterocycles. The summed E-state index contributed by atoms with van der Waals surface area (Å²) in [5, 5.41) is 1.43. The number of H-pyrrole nitrogens is 1. The van der Waals surface area contributed by atoms with Crippen LogP contribution in [-0.2, 0) is 12.0 Å². The molecule has 1 fully saturated rings. The number of benzene rings is 2. The third kappa shape index (κ3) is 1.57. The van der Waals surface area contributed by atoms with Crippen LogP contribution in [0.4, 0.5) is 0 Å². The normalized spacial score (nSPS) is 29.4. The number of likely N-dealkylation sites (N-methyl/N-ethyl adjacent to an activating group) is 1. The van der Waals surface area contributed by atoms with Crippen molar-refractivity contribution in [3.05, 3.63) is 71.4 Å². The smallest absolute Gasteiger partial charge is 0.166 e. The van der Waals surface area contributed by atoms with Crippen LogP contribution in [0, 0.1) is 0 Å². The van der Waals surface area contributed by atoms with Gasteiger partial charge in [0.15, 0.2) is 5.54 Å². The summed E-state index contributed by atoms with van der Waals surface area (Å²) in [7, 11) is 2.47. The summed E-state index contributed by atoms with van der Waals surface area (Å²) in [6.07, 6.45) is 3.73. The summed E-state index contributed by atoms with van der Waals surface area (Å²) in [6, 6.07) is 20.0. The Morgan fingerprint density at radius 2 is 1.74 bits per heavy atom. The van der Waals surface area contributed by atoms with Gasteiger partial charge in [-0.1, -0.05) is 48.5 Å². The second-order valence-electron chi connectivity index (χ2n) is 7.45. The first-order valence-electron chi connectivity index (χ1n) is 8.75. The van der Waals surface area contributed by atoms with Crippen molar-refractivity contribution in [3.63, 3.8) is 0 Å². The van der Waals surface area contributed by atoms with Gasteiger partial charge in [-0.15, -0.1) is 0 Å². The lowest BCUT2D eigenvalue weighted by Gasteiger charge is -2.49. The highest BCUT2D eigenvalue weighted by molar-refractivity contribution is 5.85. The maximum Gasteiger partial charge on any atom is 0.166 e. The van der Waals surface area contributed by atoms with Gasteiger partial charge in [0.1, 0.15) is 0 Å². The molecule has 0 saturated carbocycles. The van der Waals surface area contributed by atoms with Crippen molar-refractivity contribution in [1.29, 1.82) is 0 Å². The average Bonchev–Trinajstić information content (AvgIpc) is 3.14. The van der Waals surface area contributed by atoms with Crippen LogP contribution in [0.25, 0.3) is 10.9 Å². The first-order chi connectivity index (χ1) is 11.2. The third-order valence-electron chi connectivity index (χ3n) is 6.45. The molecule has 3 aromatic rings. The van der Waals surface area contributed by atoms with E-state index >= 15 is 0 Å². The second-order valence-corrected chi connectivity index (χ2v) is 7.45. The van der Waals surface area contributed by atoms with Gasteiger partial charge in [0.25, 0.3) is 0 Å². The maximum absolute atomic E-state index is 3.84. The Hall–Kier alpha value is -2.06. The number of nitrogens with one attached hydrogen (secondary N) is 1. The lowest BCUT2D eigenvalue weighted by molar-refractivity contribution is -0.950. The molecule has 2 unspecified atom stereocenters. The highest BCUT2D eigenvalue weighted by Gasteiger charge is 2.58. The Labute approximate surface area is 137 Å². The van der Waals surface area contributed by atoms with E-state index in [0.717, 1.165) is 4.48 Å². The molecule has 2 aromatic carbocycles. The van der Waals surface area contributed by atoms with Crippen LogP contribution < -0.4 is 0 Å². The zero-order valence-electron chi connectivity index (χ0n) is 13.7. The molecule has 1 aromatic heterocycles. The van der Waals surface area contributed by atoms with Crippen molar-refractivity contribution in [1.82, 2.24) is 4.98 Å². The van der Waals surface area contributed by atoms with E-state index in [1.54, 1.807) is 5.56 Å². The minimum absolute atomic E-state index is 0.105. The number of fused-ring (bicyclic) bond motifs is 5. The second kappa shape index (κ2) is 4.48. The van der Waals surface area contributed by atoms with E-state index in [-0.39, 0.29) is 5.54 Å². The van der Waals surface area contributed by atoms with Crippen LogP contribution in [0.15, 0.2) is 54.6 Å². The summed E-state index contributed by atoms with van der Waals surface area (Å²) in [4.78, 5) is 3.84. The van der Waals surface area contributed by atoms with Crippen LogP contribution in [0.1, 0.15) is 29.7 Å². The molecule has 2 nitrogen and oxygen atoms in total. The number of aromatic amines is 1. The van der Waals surface area contributed by atoms with Gasteiger partial charge in [0.2, 0.25) is 0 Å². The van der Waals surface area contributed by atoms with E-state index in [2.05, 4.69) is 66.6 Å². The summed E-state index contributed by atoms with van der Waals surface area (Å²) >= 11 is 0. The molecule has 2 aliphatic heterocycles. The molecule has 5 rings (SSSR count). The van der Waals surface area contributed by atoms with Crippen molar-refractivity contribution in [2.45, 2.75) is 24.8 Å². The average molecular weight is 303 g/mol. The standard InChI is InChI=1S/C21H23N2/c1-23-14-7-13-21(23,16-8-3-2-4-9-16)20-18(12-15-23)17-10-5-6-11-19(17)22-20/h2-6,8-11,22H,7,12-15H2,1H3/q+1. The first kappa shape index (κ1) is 13.4. The van der Waals surface area contributed by atoms with Crippen LogP contribution in [0.5, 0.6) is 0 Å². The van der Waals surface area contributed by atoms with Crippen molar-refractivity contribution >= 4 is 10.9 Å². The van der Waals surface area contributed by atoms with E-state index in [9.17, 15) is 0 Å². The Morgan fingerprint density at radius 1 is 0.957 bits per heavy atom. The molecule has 2 heteroatoms. The molecule has 0 bridgehead atoms. The number of para-hydroxylation sites is 1. The highest BCUT2D eigenvalue weighted by Crippen LogP contribution is 2.53. The molecule has 0 amide bonds. The SMILES string of the molecule is C[N+]12CCCC1(c1ccccc1)c1[nH]c3ccccc3c1CC2. The van der Waals surface area contributed by atoms with Gasteiger partial charge >= 0.3 is 0 Å². The molecule has 23 heavy (non-hydrogen) atoms. The van der Waals surface area contributed by atoms with Crippen molar-refractivity contribution in [2.75, 3.05) is 20.1 Å². The maximum atomic E-state index is 3.84. The van der Waals surface area contributed by atoms with E-state index < -0.39 is 0 Å². The number of nitrogens with zero attached hydrogens (tertiary/aromatic N) is 1. The van der Waals surface area contributed by atoms with Crippen molar-refractivity contribution < 1.29 is 4.48 Å². The number of rotatable bonds is 1. The predicted octanol–water partition coefficient (Wildman–Crippen LogP) is 4.21. The predicted molar refractivity (Wildman–Crippen MR) is 94.4 cm³/mol. The minimum atomic E-state index is 0.105. The fourth-order valence-corrected chi connectivity index (χ4v) is 5.33.